The van der Waals surface area contributed by atoms with E-state index < -0.39 is 10.0 Å². The number of hydrogen-bond acceptors (Lipinski definition) is 5. The SMILES string of the molecule is Cc1nn(C)c(C)c1[C@H]1OCC[C@@H]1NS(=O)(=O)c1ccnn1C. The molecule has 1 aliphatic rings. The molecule has 0 amide bonds. The Morgan fingerprint density at radius 1 is 1.30 bits per heavy atom. The quantitative estimate of drug-likeness (QED) is 0.880. The van der Waals surface area contributed by atoms with Crippen LogP contribution in [0.25, 0.3) is 0 Å². The Hall–Kier alpha value is -1.71. The highest BCUT2D eigenvalue weighted by atomic mass is 32.2. The molecule has 126 valence electrons. The third kappa shape index (κ3) is 2.79. The van der Waals surface area contributed by atoms with Crippen LogP contribution >= 0.6 is 0 Å². The van der Waals surface area contributed by atoms with Crippen LogP contribution in [-0.2, 0) is 28.9 Å². The summed E-state index contributed by atoms with van der Waals surface area (Å²) in [5, 5.41) is 8.46. The van der Waals surface area contributed by atoms with Crippen molar-refractivity contribution < 1.29 is 13.2 Å². The maximum atomic E-state index is 12.6. The monoisotopic (exact) mass is 339 g/mol. The molecule has 8 nitrogen and oxygen atoms in total. The van der Waals surface area contributed by atoms with Crippen LogP contribution in [0.1, 0.15) is 29.5 Å². The highest BCUT2D eigenvalue weighted by Crippen LogP contribution is 2.33. The van der Waals surface area contributed by atoms with E-state index in [0.29, 0.717) is 13.0 Å². The Morgan fingerprint density at radius 3 is 2.61 bits per heavy atom. The second-order valence-corrected chi connectivity index (χ2v) is 7.47. The molecule has 0 unspecified atom stereocenters. The minimum Gasteiger partial charge on any atom is -0.372 e. The number of nitrogens with zero attached hydrogens (tertiary/aromatic N) is 4. The van der Waals surface area contributed by atoms with Gasteiger partial charge in [0.15, 0.2) is 5.03 Å². The van der Waals surface area contributed by atoms with Gasteiger partial charge in [0, 0.05) is 32.0 Å². The van der Waals surface area contributed by atoms with Gasteiger partial charge < -0.3 is 4.74 Å². The normalized spacial score (nSPS) is 21.9. The van der Waals surface area contributed by atoms with Crippen molar-refractivity contribution in [3.05, 3.63) is 29.2 Å². The van der Waals surface area contributed by atoms with Crippen molar-refractivity contribution in [1.82, 2.24) is 24.3 Å². The molecule has 0 saturated carbocycles. The molecule has 1 fully saturated rings. The number of aromatic nitrogens is 4. The molecule has 23 heavy (non-hydrogen) atoms. The van der Waals surface area contributed by atoms with Crippen molar-refractivity contribution in [2.24, 2.45) is 14.1 Å². The molecule has 3 heterocycles. The molecule has 0 aromatic carbocycles. The highest BCUT2D eigenvalue weighted by Gasteiger charge is 2.36. The average molecular weight is 339 g/mol. The molecule has 3 rings (SSSR count). The Labute approximate surface area is 135 Å². The van der Waals surface area contributed by atoms with Crippen molar-refractivity contribution in [3.63, 3.8) is 0 Å². The fraction of sp³-hybridized carbons (Fsp3) is 0.571. The summed E-state index contributed by atoms with van der Waals surface area (Å²) >= 11 is 0. The summed E-state index contributed by atoms with van der Waals surface area (Å²) in [6.45, 7) is 4.39. The minimum atomic E-state index is -3.65. The summed E-state index contributed by atoms with van der Waals surface area (Å²) in [6, 6.07) is 1.16. The van der Waals surface area contributed by atoms with E-state index in [-0.39, 0.29) is 17.2 Å². The molecule has 9 heteroatoms. The van der Waals surface area contributed by atoms with Gasteiger partial charge in [-0.3, -0.25) is 9.36 Å². The topological polar surface area (TPSA) is 91.0 Å². The number of sulfonamides is 1. The van der Waals surface area contributed by atoms with Crippen LogP contribution in [0.2, 0.25) is 0 Å². The number of nitrogens with one attached hydrogen (secondary N) is 1. The number of hydrogen-bond donors (Lipinski definition) is 1. The second kappa shape index (κ2) is 5.73. The van der Waals surface area contributed by atoms with Crippen molar-refractivity contribution in [2.75, 3.05) is 6.61 Å². The van der Waals surface area contributed by atoms with Gasteiger partial charge >= 0.3 is 0 Å². The van der Waals surface area contributed by atoms with Crippen LogP contribution in [0.4, 0.5) is 0 Å². The Kier molecular flexibility index (Phi) is 4.03. The van der Waals surface area contributed by atoms with Gasteiger partial charge in [0.1, 0.15) is 6.10 Å². The molecule has 2 aromatic rings. The lowest BCUT2D eigenvalue weighted by Gasteiger charge is -2.20. The van der Waals surface area contributed by atoms with E-state index in [0.717, 1.165) is 17.0 Å². The molecule has 0 radical (unpaired) electrons. The lowest BCUT2D eigenvalue weighted by molar-refractivity contribution is 0.101. The van der Waals surface area contributed by atoms with Gasteiger partial charge in [-0.1, -0.05) is 0 Å². The molecule has 2 aromatic heterocycles. The van der Waals surface area contributed by atoms with Crippen LogP contribution in [0.3, 0.4) is 0 Å². The van der Waals surface area contributed by atoms with Crippen molar-refractivity contribution in [2.45, 2.75) is 37.4 Å². The van der Waals surface area contributed by atoms with Gasteiger partial charge in [-0.2, -0.15) is 10.2 Å². The van der Waals surface area contributed by atoms with Crippen molar-refractivity contribution in [3.8, 4) is 0 Å². The van der Waals surface area contributed by atoms with Crippen LogP contribution < -0.4 is 4.72 Å². The lowest BCUT2D eigenvalue weighted by atomic mass is 10.0. The summed E-state index contributed by atoms with van der Waals surface area (Å²) in [4.78, 5) is 0. The maximum absolute atomic E-state index is 12.6. The standard InChI is InChI=1S/C14H21N5O3S/c1-9-13(10(2)18(3)16-9)14-11(6-8-22-14)17-23(20,21)12-5-7-15-19(12)4/h5,7,11,14,17H,6,8H2,1-4H3/t11-,14-/m0/s1. The van der Waals surface area contributed by atoms with Gasteiger partial charge in [0.05, 0.1) is 17.9 Å². The first-order chi connectivity index (χ1) is 10.8. The van der Waals surface area contributed by atoms with E-state index in [1.807, 2.05) is 20.9 Å². The number of ether oxygens (including phenoxy) is 1. The first-order valence-corrected chi connectivity index (χ1v) is 8.91. The third-order valence-corrected chi connectivity index (χ3v) is 5.86. The van der Waals surface area contributed by atoms with E-state index >= 15 is 0 Å². The first kappa shape index (κ1) is 16.2. The zero-order chi connectivity index (χ0) is 16.8. The smallest absolute Gasteiger partial charge is 0.258 e. The van der Waals surface area contributed by atoms with E-state index in [1.165, 1.54) is 16.9 Å². The predicted molar refractivity (Wildman–Crippen MR) is 83.3 cm³/mol. The molecule has 0 spiro atoms. The summed E-state index contributed by atoms with van der Waals surface area (Å²) in [5.41, 5.74) is 2.81. The predicted octanol–water partition coefficient (Wildman–Crippen LogP) is 0.579. The second-order valence-electron chi connectivity index (χ2n) is 5.81. The third-order valence-electron chi connectivity index (χ3n) is 4.30. The first-order valence-electron chi connectivity index (χ1n) is 7.43. The summed E-state index contributed by atoms with van der Waals surface area (Å²) < 4.78 is 36.9. The molecule has 0 aliphatic carbocycles. The summed E-state index contributed by atoms with van der Waals surface area (Å²) in [6.07, 6.45) is 1.76. The molecular formula is C14H21N5O3S. The summed E-state index contributed by atoms with van der Waals surface area (Å²) in [7, 11) is -0.173. The maximum Gasteiger partial charge on any atom is 0.258 e. The van der Waals surface area contributed by atoms with Gasteiger partial charge in [0.25, 0.3) is 10.0 Å². The zero-order valence-corrected chi connectivity index (χ0v) is 14.5. The molecule has 0 bridgehead atoms. The van der Waals surface area contributed by atoms with E-state index in [9.17, 15) is 8.42 Å². The van der Waals surface area contributed by atoms with E-state index in [4.69, 9.17) is 4.74 Å². The lowest BCUT2D eigenvalue weighted by Crippen LogP contribution is -2.37. The van der Waals surface area contributed by atoms with Crippen LogP contribution in [-0.4, -0.2) is 40.6 Å². The zero-order valence-electron chi connectivity index (χ0n) is 13.6. The van der Waals surface area contributed by atoms with E-state index in [2.05, 4.69) is 14.9 Å². The Morgan fingerprint density at radius 2 is 2.04 bits per heavy atom. The molecule has 1 aliphatic heterocycles. The molecule has 2 atom stereocenters. The van der Waals surface area contributed by atoms with Gasteiger partial charge in [-0.05, 0) is 26.3 Å². The number of aryl methyl sites for hydroxylation is 3. The fourth-order valence-electron chi connectivity index (χ4n) is 3.08. The number of rotatable bonds is 4. The molecular weight excluding hydrogens is 318 g/mol. The highest BCUT2D eigenvalue weighted by molar-refractivity contribution is 7.89. The van der Waals surface area contributed by atoms with Gasteiger partial charge in [-0.15, -0.1) is 0 Å². The van der Waals surface area contributed by atoms with E-state index in [1.54, 1.807) is 11.7 Å². The van der Waals surface area contributed by atoms with Crippen LogP contribution in [0.5, 0.6) is 0 Å². The van der Waals surface area contributed by atoms with Crippen molar-refractivity contribution >= 4 is 10.0 Å². The van der Waals surface area contributed by atoms with Gasteiger partial charge in [-0.25, -0.2) is 13.1 Å². The van der Waals surface area contributed by atoms with Crippen LogP contribution in [0, 0.1) is 13.8 Å². The minimum absolute atomic E-state index is 0.141. The average Bonchev–Trinajstić information content (AvgIpc) is 3.13. The fourth-order valence-corrected chi connectivity index (χ4v) is 4.48. The Balaban J connectivity index is 1.90. The summed E-state index contributed by atoms with van der Waals surface area (Å²) in [5.74, 6) is 0. The molecule has 1 N–H and O–H groups in total. The largest absolute Gasteiger partial charge is 0.372 e. The van der Waals surface area contributed by atoms with Crippen LogP contribution in [0.15, 0.2) is 17.3 Å². The molecule has 1 saturated heterocycles. The Bertz CT molecular complexity index is 824. The van der Waals surface area contributed by atoms with Crippen molar-refractivity contribution in [1.29, 1.82) is 0 Å². The van der Waals surface area contributed by atoms with Gasteiger partial charge in [0.2, 0.25) is 0 Å².